The molecule has 0 atom stereocenters. The zero-order chi connectivity index (χ0) is 12.4. The fourth-order valence-electron chi connectivity index (χ4n) is 0.965. The smallest absolute Gasteiger partial charge is 0.258 e. The zero-order valence-corrected chi connectivity index (χ0v) is 9.88. The molecule has 2 rings (SSSR count). The summed E-state index contributed by atoms with van der Waals surface area (Å²) in [4.78, 5) is 17.5. The Kier molecular flexibility index (Phi) is 3.15. The summed E-state index contributed by atoms with van der Waals surface area (Å²) in [7, 11) is 1.61. The molecule has 0 aliphatic rings. The van der Waals surface area contributed by atoms with Crippen LogP contribution in [0.4, 0.5) is 5.69 Å². The van der Waals surface area contributed by atoms with Crippen molar-refractivity contribution in [2.24, 2.45) is 7.05 Å². The summed E-state index contributed by atoms with van der Waals surface area (Å²) in [5, 5.41) is 21.7. The van der Waals surface area contributed by atoms with Crippen molar-refractivity contribution < 1.29 is 4.92 Å². The molecular formula is C6H4ClN7O2S. The van der Waals surface area contributed by atoms with Crippen LogP contribution in [0.2, 0.25) is 5.15 Å². The fourth-order valence-corrected chi connectivity index (χ4v) is 2.01. The van der Waals surface area contributed by atoms with Crippen LogP contribution in [0.25, 0.3) is 0 Å². The summed E-state index contributed by atoms with van der Waals surface area (Å²) < 4.78 is 1.37. The van der Waals surface area contributed by atoms with Gasteiger partial charge in [0.15, 0.2) is 5.03 Å². The lowest BCUT2D eigenvalue weighted by Crippen LogP contribution is -1.98. The van der Waals surface area contributed by atoms with Crippen molar-refractivity contribution in [2.45, 2.75) is 10.2 Å². The van der Waals surface area contributed by atoms with E-state index in [0.29, 0.717) is 5.16 Å². The molecule has 0 spiro atoms. The van der Waals surface area contributed by atoms with E-state index in [9.17, 15) is 10.1 Å². The van der Waals surface area contributed by atoms with Crippen molar-refractivity contribution in [3.8, 4) is 0 Å². The molecule has 17 heavy (non-hydrogen) atoms. The van der Waals surface area contributed by atoms with E-state index in [0.717, 1.165) is 18.1 Å². The molecule has 0 fully saturated rings. The number of nitrogens with zero attached hydrogens (tertiary/aromatic N) is 7. The normalized spacial score (nSPS) is 10.5. The van der Waals surface area contributed by atoms with Gasteiger partial charge in [0.1, 0.15) is 6.33 Å². The Balaban J connectivity index is 2.43. The standard InChI is InChI=1S/C6H4ClN7O2S/c1-13-6(10-11-12-13)17-5-3(14(15)16)4(7)8-2-9-5/h2H,1H3. The first-order chi connectivity index (χ1) is 8.09. The van der Waals surface area contributed by atoms with Gasteiger partial charge in [0.05, 0.1) is 4.92 Å². The van der Waals surface area contributed by atoms with Crippen molar-refractivity contribution in [3.05, 3.63) is 21.6 Å². The predicted octanol–water partition coefficient (Wildman–Crippen LogP) is 0.713. The minimum absolute atomic E-state index is 0.0906. The number of rotatable bonds is 3. The van der Waals surface area contributed by atoms with Crippen molar-refractivity contribution in [1.82, 2.24) is 30.2 Å². The molecule has 2 aromatic heterocycles. The van der Waals surface area contributed by atoms with Gasteiger partial charge in [-0.1, -0.05) is 11.6 Å². The lowest BCUT2D eigenvalue weighted by molar-refractivity contribution is -0.388. The van der Waals surface area contributed by atoms with Crippen molar-refractivity contribution in [3.63, 3.8) is 0 Å². The van der Waals surface area contributed by atoms with Gasteiger partial charge in [-0.05, 0) is 22.2 Å². The summed E-state index contributed by atoms with van der Waals surface area (Å²) >= 11 is 6.58. The van der Waals surface area contributed by atoms with E-state index in [-0.39, 0.29) is 15.9 Å². The topological polar surface area (TPSA) is 113 Å². The number of hydrogen-bond donors (Lipinski definition) is 0. The second-order valence-electron chi connectivity index (χ2n) is 2.76. The third-order valence-corrected chi connectivity index (χ3v) is 2.99. The summed E-state index contributed by atoms with van der Waals surface area (Å²) in [5.41, 5.74) is -0.359. The Hall–Kier alpha value is -1.81. The molecule has 0 aliphatic carbocycles. The van der Waals surface area contributed by atoms with E-state index >= 15 is 0 Å². The first-order valence-corrected chi connectivity index (χ1v) is 5.34. The molecule has 0 bridgehead atoms. The van der Waals surface area contributed by atoms with Crippen LogP contribution in [0.3, 0.4) is 0 Å². The second kappa shape index (κ2) is 4.59. The zero-order valence-electron chi connectivity index (χ0n) is 8.31. The highest BCUT2D eigenvalue weighted by molar-refractivity contribution is 7.99. The van der Waals surface area contributed by atoms with Crippen LogP contribution in [0.15, 0.2) is 16.5 Å². The van der Waals surface area contributed by atoms with Crippen LogP contribution >= 0.6 is 23.4 Å². The molecule has 9 nitrogen and oxygen atoms in total. The van der Waals surface area contributed by atoms with Crippen molar-refractivity contribution in [1.29, 1.82) is 0 Å². The SMILES string of the molecule is Cn1nnnc1Sc1ncnc(Cl)c1[N+](=O)[O-]. The molecule has 0 saturated carbocycles. The van der Waals surface area contributed by atoms with E-state index < -0.39 is 4.92 Å². The molecule has 2 heterocycles. The molecule has 0 aliphatic heterocycles. The number of nitro groups is 1. The van der Waals surface area contributed by atoms with Crippen LogP contribution in [0.5, 0.6) is 0 Å². The Morgan fingerprint density at radius 1 is 1.53 bits per heavy atom. The van der Waals surface area contributed by atoms with E-state index in [2.05, 4.69) is 25.5 Å². The predicted molar refractivity (Wildman–Crippen MR) is 56.6 cm³/mol. The number of aryl methyl sites for hydroxylation is 1. The molecule has 0 N–H and O–H groups in total. The van der Waals surface area contributed by atoms with Crippen molar-refractivity contribution >= 4 is 29.1 Å². The number of tetrazole rings is 1. The molecule has 0 unspecified atom stereocenters. The van der Waals surface area contributed by atoms with Crippen LogP contribution in [-0.2, 0) is 7.05 Å². The Labute approximate surface area is 103 Å². The summed E-state index contributed by atoms with van der Waals surface area (Å²) in [5.74, 6) is 0. The van der Waals surface area contributed by atoms with Gasteiger partial charge >= 0.3 is 5.69 Å². The highest BCUT2D eigenvalue weighted by atomic mass is 35.5. The van der Waals surface area contributed by atoms with Gasteiger partial charge in [-0.25, -0.2) is 14.6 Å². The average Bonchev–Trinajstić information content (AvgIpc) is 2.64. The lowest BCUT2D eigenvalue weighted by atomic mass is 10.5. The van der Waals surface area contributed by atoms with Crippen LogP contribution in [0.1, 0.15) is 0 Å². The van der Waals surface area contributed by atoms with Gasteiger partial charge in [-0.2, -0.15) is 0 Å². The fraction of sp³-hybridized carbons (Fsp3) is 0.167. The van der Waals surface area contributed by atoms with Gasteiger partial charge in [-0.3, -0.25) is 10.1 Å². The van der Waals surface area contributed by atoms with Crippen LogP contribution < -0.4 is 0 Å². The molecule has 0 amide bonds. The maximum absolute atomic E-state index is 10.8. The van der Waals surface area contributed by atoms with Gasteiger partial charge in [-0.15, -0.1) is 5.10 Å². The lowest BCUT2D eigenvalue weighted by Gasteiger charge is -2.00. The molecular weight excluding hydrogens is 270 g/mol. The largest absolute Gasteiger partial charge is 0.338 e. The van der Waals surface area contributed by atoms with Gasteiger partial charge in [0.25, 0.3) is 0 Å². The minimum Gasteiger partial charge on any atom is -0.258 e. The first kappa shape index (κ1) is 11.7. The van der Waals surface area contributed by atoms with Gasteiger partial charge in [0.2, 0.25) is 10.3 Å². The molecule has 11 heteroatoms. The minimum atomic E-state index is -0.644. The average molecular weight is 274 g/mol. The molecule has 0 radical (unpaired) electrons. The Morgan fingerprint density at radius 2 is 2.29 bits per heavy atom. The number of aromatic nitrogens is 6. The summed E-state index contributed by atoms with van der Waals surface area (Å²) in [6.45, 7) is 0. The highest BCUT2D eigenvalue weighted by Crippen LogP contribution is 2.34. The molecule has 88 valence electrons. The third kappa shape index (κ3) is 2.31. The Bertz CT molecular complexity index is 573. The quantitative estimate of drug-likeness (QED) is 0.456. The van der Waals surface area contributed by atoms with Gasteiger partial charge in [0, 0.05) is 7.05 Å². The van der Waals surface area contributed by atoms with E-state index in [1.807, 2.05) is 0 Å². The van der Waals surface area contributed by atoms with Crippen LogP contribution in [-0.4, -0.2) is 35.1 Å². The summed E-state index contributed by atoms with van der Waals surface area (Å²) in [6.07, 6.45) is 1.14. The molecule has 0 saturated heterocycles. The second-order valence-corrected chi connectivity index (χ2v) is 4.08. The van der Waals surface area contributed by atoms with Crippen molar-refractivity contribution in [2.75, 3.05) is 0 Å². The van der Waals surface area contributed by atoms with Gasteiger partial charge < -0.3 is 0 Å². The molecule has 2 aromatic rings. The maximum atomic E-state index is 10.8. The number of hydrogen-bond acceptors (Lipinski definition) is 8. The third-order valence-electron chi connectivity index (χ3n) is 1.70. The van der Waals surface area contributed by atoms with E-state index in [1.165, 1.54) is 4.68 Å². The summed E-state index contributed by atoms with van der Waals surface area (Å²) in [6, 6.07) is 0. The van der Waals surface area contributed by atoms with E-state index in [4.69, 9.17) is 11.6 Å². The maximum Gasteiger partial charge on any atom is 0.338 e. The molecule has 0 aromatic carbocycles. The first-order valence-electron chi connectivity index (χ1n) is 4.14. The Morgan fingerprint density at radius 3 is 2.88 bits per heavy atom. The van der Waals surface area contributed by atoms with E-state index in [1.54, 1.807) is 7.05 Å². The highest BCUT2D eigenvalue weighted by Gasteiger charge is 2.23. The monoisotopic (exact) mass is 273 g/mol. The van der Waals surface area contributed by atoms with Crippen LogP contribution in [0, 0.1) is 10.1 Å². The number of halogens is 1.